The lowest BCUT2D eigenvalue weighted by Gasteiger charge is -2.32. The summed E-state index contributed by atoms with van der Waals surface area (Å²) < 4.78 is 13.6. The van der Waals surface area contributed by atoms with Crippen LogP contribution in [0.1, 0.15) is 31.2 Å². The van der Waals surface area contributed by atoms with Gasteiger partial charge in [0.25, 0.3) is 5.56 Å². The Hall–Kier alpha value is -3.08. The van der Waals surface area contributed by atoms with E-state index >= 15 is 0 Å². The van der Waals surface area contributed by atoms with E-state index in [1.165, 1.54) is 11.3 Å². The van der Waals surface area contributed by atoms with Crippen LogP contribution in [-0.2, 0) is 9.53 Å². The van der Waals surface area contributed by atoms with Crippen LogP contribution in [0, 0.1) is 0 Å². The molecule has 0 N–H and O–H groups in total. The van der Waals surface area contributed by atoms with Crippen molar-refractivity contribution in [2.45, 2.75) is 24.8 Å². The first-order valence-electron chi connectivity index (χ1n) is 12.3. The molecule has 8 nitrogen and oxygen atoms in total. The summed E-state index contributed by atoms with van der Waals surface area (Å²) in [6.07, 6.45) is 3.77. The van der Waals surface area contributed by atoms with Crippen LogP contribution >= 0.6 is 23.1 Å². The molecule has 1 fully saturated rings. The number of piperazine rings is 1. The van der Waals surface area contributed by atoms with Crippen LogP contribution in [0.5, 0.6) is 0 Å². The smallest absolute Gasteiger partial charge is 0.338 e. The van der Waals surface area contributed by atoms with Gasteiger partial charge in [-0.25, -0.2) is 9.79 Å². The zero-order valence-electron chi connectivity index (χ0n) is 21.4. The number of allylic oxidation sites excluding steroid dienone is 1. The Morgan fingerprint density at radius 2 is 1.92 bits per heavy atom. The molecule has 5 rings (SSSR count). The molecule has 0 amide bonds. The van der Waals surface area contributed by atoms with E-state index in [4.69, 9.17) is 9.15 Å². The fourth-order valence-electron chi connectivity index (χ4n) is 4.64. The second-order valence-electron chi connectivity index (χ2n) is 9.04. The number of likely N-dealkylation sites (N-methyl/N-ethyl adjacent to an activating group) is 1. The van der Waals surface area contributed by atoms with E-state index in [1.54, 1.807) is 36.3 Å². The monoisotopic (exact) mass is 538 g/mol. The molecule has 1 saturated heterocycles. The SMILES string of the molecule is CCOC(=O)C1=C(C)N=c2s/c(=C\c3ccc(N4CCN(C)CC4)o3)c(=O)n2C1c1ccc(SC)cc1. The Labute approximate surface area is 223 Å². The fourth-order valence-corrected chi connectivity index (χ4v) is 6.07. The normalized spacial score (nSPS) is 18.6. The van der Waals surface area contributed by atoms with Gasteiger partial charge in [-0.05, 0) is 50.9 Å². The first-order chi connectivity index (χ1) is 17.9. The van der Waals surface area contributed by atoms with E-state index in [0.29, 0.717) is 26.4 Å². The molecule has 1 aromatic carbocycles. The molecule has 1 unspecified atom stereocenters. The fraction of sp³-hybridized carbons (Fsp3) is 0.370. The van der Waals surface area contributed by atoms with Gasteiger partial charge in [0.1, 0.15) is 5.76 Å². The highest BCUT2D eigenvalue weighted by Gasteiger charge is 2.33. The van der Waals surface area contributed by atoms with E-state index in [-0.39, 0.29) is 12.2 Å². The summed E-state index contributed by atoms with van der Waals surface area (Å²) in [6.45, 7) is 7.57. The first-order valence-corrected chi connectivity index (χ1v) is 14.3. The predicted molar refractivity (Wildman–Crippen MR) is 147 cm³/mol. The molecule has 3 aromatic rings. The van der Waals surface area contributed by atoms with Gasteiger partial charge >= 0.3 is 5.97 Å². The van der Waals surface area contributed by atoms with Gasteiger partial charge in [-0.3, -0.25) is 9.36 Å². The summed E-state index contributed by atoms with van der Waals surface area (Å²) in [5.41, 5.74) is 1.56. The largest absolute Gasteiger partial charge is 0.463 e. The van der Waals surface area contributed by atoms with Gasteiger partial charge in [-0.15, -0.1) is 11.8 Å². The molecular weight excluding hydrogens is 508 g/mol. The zero-order valence-corrected chi connectivity index (χ0v) is 23.0. The van der Waals surface area contributed by atoms with Gasteiger partial charge in [0, 0.05) is 43.2 Å². The molecule has 0 bridgehead atoms. The number of thiazole rings is 1. The molecule has 37 heavy (non-hydrogen) atoms. The number of ether oxygens (including phenoxy) is 1. The van der Waals surface area contributed by atoms with Crippen molar-refractivity contribution in [1.82, 2.24) is 9.47 Å². The molecule has 0 aliphatic carbocycles. The molecule has 1 atom stereocenters. The molecule has 2 aliphatic heterocycles. The van der Waals surface area contributed by atoms with Crippen molar-refractivity contribution in [2.75, 3.05) is 51.0 Å². The van der Waals surface area contributed by atoms with E-state index in [0.717, 1.165) is 42.5 Å². The maximum absolute atomic E-state index is 13.7. The van der Waals surface area contributed by atoms with Crippen LogP contribution in [0.3, 0.4) is 0 Å². The van der Waals surface area contributed by atoms with Crippen molar-refractivity contribution >= 4 is 41.0 Å². The van der Waals surface area contributed by atoms with Crippen LogP contribution in [0.15, 0.2) is 66.8 Å². The molecule has 0 saturated carbocycles. The van der Waals surface area contributed by atoms with Crippen molar-refractivity contribution in [1.29, 1.82) is 0 Å². The minimum atomic E-state index is -0.620. The first kappa shape index (κ1) is 25.6. The van der Waals surface area contributed by atoms with Gasteiger partial charge in [0.15, 0.2) is 10.7 Å². The van der Waals surface area contributed by atoms with Crippen LogP contribution in [-0.4, -0.2) is 61.5 Å². The minimum absolute atomic E-state index is 0.213. The minimum Gasteiger partial charge on any atom is -0.463 e. The second kappa shape index (κ2) is 10.7. The summed E-state index contributed by atoms with van der Waals surface area (Å²) >= 11 is 2.93. The molecule has 4 heterocycles. The highest BCUT2D eigenvalue weighted by atomic mass is 32.2. The number of fused-ring (bicyclic) bond motifs is 1. The number of hydrogen-bond donors (Lipinski definition) is 0. The number of furan rings is 1. The lowest BCUT2D eigenvalue weighted by molar-refractivity contribution is -0.139. The maximum Gasteiger partial charge on any atom is 0.338 e. The molecular formula is C27H30N4O4S2. The molecule has 2 aromatic heterocycles. The zero-order chi connectivity index (χ0) is 26.1. The number of aromatic nitrogens is 1. The van der Waals surface area contributed by atoms with Crippen LogP contribution in [0.25, 0.3) is 6.08 Å². The number of benzene rings is 1. The van der Waals surface area contributed by atoms with Crippen LogP contribution < -0.4 is 19.8 Å². The van der Waals surface area contributed by atoms with Gasteiger partial charge in [0.2, 0.25) is 0 Å². The lowest BCUT2D eigenvalue weighted by atomic mass is 9.96. The lowest BCUT2D eigenvalue weighted by Crippen LogP contribution is -2.44. The topological polar surface area (TPSA) is 80.3 Å². The number of hydrogen-bond acceptors (Lipinski definition) is 9. The average Bonchev–Trinajstić information content (AvgIpc) is 3.48. The van der Waals surface area contributed by atoms with Crippen molar-refractivity contribution in [3.05, 3.63) is 78.7 Å². The van der Waals surface area contributed by atoms with Gasteiger partial charge in [0.05, 0.1) is 28.5 Å². The van der Waals surface area contributed by atoms with Gasteiger partial charge in [-0.1, -0.05) is 23.5 Å². The van der Waals surface area contributed by atoms with Gasteiger partial charge in [-0.2, -0.15) is 0 Å². The number of nitrogens with zero attached hydrogens (tertiary/aromatic N) is 4. The Balaban J connectivity index is 1.57. The third-order valence-electron chi connectivity index (χ3n) is 6.65. The summed E-state index contributed by atoms with van der Waals surface area (Å²) in [4.78, 5) is 37.6. The molecule has 0 radical (unpaired) electrons. The van der Waals surface area contributed by atoms with Gasteiger partial charge < -0.3 is 19.0 Å². The number of carbonyl (C=O) groups excluding carboxylic acids is 1. The second-order valence-corrected chi connectivity index (χ2v) is 10.9. The highest BCUT2D eigenvalue weighted by Crippen LogP contribution is 2.31. The van der Waals surface area contributed by atoms with Crippen molar-refractivity contribution in [3.63, 3.8) is 0 Å². The number of anilines is 1. The third-order valence-corrected chi connectivity index (χ3v) is 8.38. The number of rotatable bonds is 6. The quantitative estimate of drug-likeness (QED) is 0.353. The van der Waals surface area contributed by atoms with Crippen molar-refractivity contribution < 1.29 is 13.9 Å². The standard InChI is InChI=1S/C27H30N4O4S2/c1-5-34-26(33)23-17(2)28-27-31(24(23)18-6-9-20(36-4)10-7-18)25(32)21(37-27)16-19-8-11-22(35-19)30-14-12-29(3)13-15-30/h6-11,16,24H,5,12-15H2,1-4H3/b21-16-. The number of carbonyl (C=O) groups is 1. The summed E-state index contributed by atoms with van der Waals surface area (Å²) in [6, 6.07) is 11.1. The Bertz CT molecular complexity index is 1510. The Kier molecular flexibility index (Phi) is 7.41. The summed E-state index contributed by atoms with van der Waals surface area (Å²) in [5, 5.41) is 0. The van der Waals surface area contributed by atoms with Crippen LogP contribution in [0.4, 0.5) is 5.88 Å². The summed E-state index contributed by atoms with van der Waals surface area (Å²) in [5.74, 6) is 0.959. The average molecular weight is 539 g/mol. The summed E-state index contributed by atoms with van der Waals surface area (Å²) in [7, 11) is 2.12. The molecule has 2 aliphatic rings. The van der Waals surface area contributed by atoms with Crippen LogP contribution in [0.2, 0.25) is 0 Å². The Morgan fingerprint density at radius 1 is 1.19 bits per heavy atom. The highest BCUT2D eigenvalue weighted by molar-refractivity contribution is 7.98. The maximum atomic E-state index is 13.7. The Morgan fingerprint density at radius 3 is 2.59 bits per heavy atom. The number of thioether (sulfide) groups is 1. The van der Waals surface area contributed by atoms with E-state index < -0.39 is 12.0 Å². The predicted octanol–water partition coefficient (Wildman–Crippen LogP) is 2.87. The molecule has 194 valence electrons. The van der Waals surface area contributed by atoms with E-state index in [2.05, 4.69) is 21.8 Å². The molecule has 0 spiro atoms. The van der Waals surface area contributed by atoms with Crippen molar-refractivity contribution in [3.8, 4) is 0 Å². The molecule has 10 heteroatoms. The van der Waals surface area contributed by atoms with Crippen molar-refractivity contribution in [2.24, 2.45) is 4.99 Å². The van der Waals surface area contributed by atoms with E-state index in [9.17, 15) is 9.59 Å². The van der Waals surface area contributed by atoms with E-state index in [1.807, 2.05) is 42.7 Å². The number of esters is 1. The third kappa shape index (κ3) is 5.05.